The summed E-state index contributed by atoms with van der Waals surface area (Å²) < 4.78 is 0. The van der Waals surface area contributed by atoms with Gasteiger partial charge in [0.05, 0.1) is 6.10 Å². The van der Waals surface area contributed by atoms with Gasteiger partial charge < -0.3 is 10.4 Å². The predicted octanol–water partition coefficient (Wildman–Crippen LogP) is 2.48. The van der Waals surface area contributed by atoms with E-state index in [9.17, 15) is 5.11 Å². The molecule has 0 spiro atoms. The lowest BCUT2D eigenvalue weighted by Crippen LogP contribution is -2.03. The van der Waals surface area contributed by atoms with Gasteiger partial charge in [0.2, 0.25) is 0 Å². The van der Waals surface area contributed by atoms with Gasteiger partial charge in [0.25, 0.3) is 0 Å². The van der Waals surface area contributed by atoms with E-state index in [1.54, 1.807) is 6.92 Å². The van der Waals surface area contributed by atoms with E-state index in [0.717, 1.165) is 17.8 Å². The minimum Gasteiger partial charge on any atom is -0.389 e. The molecule has 2 nitrogen and oxygen atoms in total. The van der Waals surface area contributed by atoms with E-state index < -0.39 is 6.10 Å². The third kappa shape index (κ3) is 2.46. The highest BCUT2D eigenvalue weighted by Gasteiger charge is 2.06. The molecule has 0 heterocycles. The first kappa shape index (κ1) is 10.1. The Morgan fingerprint density at radius 3 is 2.69 bits per heavy atom. The highest BCUT2D eigenvalue weighted by atomic mass is 16.3. The fourth-order valence-corrected chi connectivity index (χ4v) is 1.38. The van der Waals surface area contributed by atoms with Gasteiger partial charge in [-0.25, -0.2) is 0 Å². The SMILES string of the molecule is CCNc1cc(C)ccc1C(C)O. The van der Waals surface area contributed by atoms with Gasteiger partial charge >= 0.3 is 0 Å². The number of anilines is 1. The Balaban J connectivity index is 3.03. The van der Waals surface area contributed by atoms with Crippen molar-refractivity contribution in [3.63, 3.8) is 0 Å². The minimum absolute atomic E-state index is 0.408. The first-order chi connectivity index (χ1) is 6.15. The van der Waals surface area contributed by atoms with Crippen LogP contribution < -0.4 is 5.32 Å². The number of aliphatic hydroxyl groups is 1. The van der Waals surface area contributed by atoms with Gasteiger partial charge in [-0.15, -0.1) is 0 Å². The average Bonchev–Trinajstić information content (AvgIpc) is 2.04. The molecule has 2 N–H and O–H groups in total. The van der Waals surface area contributed by atoms with Crippen molar-refractivity contribution in [1.29, 1.82) is 0 Å². The van der Waals surface area contributed by atoms with Crippen molar-refractivity contribution >= 4 is 5.69 Å². The number of rotatable bonds is 3. The molecule has 1 aromatic carbocycles. The largest absolute Gasteiger partial charge is 0.389 e. The second kappa shape index (κ2) is 4.28. The maximum atomic E-state index is 9.48. The van der Waals surface area contributed by atoms with Crippen molar-refractivity contribution < 1.29 is 5.11 Å². The molecule has 0 aliphatic rings. The maximum Gasteiger partial charge on any atom is 0.0781 e. The third-order valence-electron chi connectivity index (χ3n) is 2.03. The van der Waals surface area contributed by atoms with Gasteiger partial charge in [-0.3, -0.25) is 0 Å². The van der Waals surface area contributed by atoms with Gasteiger partial charge in [0, 0.05) is 17.8 Å². The molecule has 2 heteroatoms. The van der Waals surface area contributed by atoms with Crippen molar-refractivity contribution in [2.45, 2.75) is 26.9 Å². The zero-order chi connectivity index (χ0) is 9.84. The summed E-state index contributed by atoms with van der Waals surface area (Å²) in [6.45, 7) is 6.76. The molecule has 0 fully saturated rings. The lowest BCUT2D eigenvalue weighted by Gasteiger charge is -2.13. The summed E-state index contributed by atoms with van der Waals surface area (Å²) in [6.07, 6.45) is -0.408. The summed E-state index contributed by atoms with van der Waals surface area (Å²) in [4.78, 5) is 0. The van der Waals surface area contributed by atoms with Crippen LogP contribution in [0.4, 0.5) is 5.69 Å². The van der Waals surface area contributed by atoms with Crippen LogP contribution in [0.15, 0.2) is 18.2 Å². The zero-order valence-corrected chi connectivity index (χ0v) is 8.46. The normalized spacial score (nSPS) is 12.6. The molecule has 1 rings (SSSR count). The van der Waals surface area contributed by atoms with Crippen LogP contribution in [0.3, 0.4) is 0 Å². The topological polar surface area (TPSA) is 32.3 Å². The van der Waals surface area contributed by atoms with Gasteiger partial charge in [-0.05, 0) is 32.4 Å². The van der Waals surface area contributed by atoms with Crippen molar-refractivity contribution in [3.8, 4) is 0 Å². The van der Waals surface area contributed by atoms with Crippen LogP contribution in [0, 0.1) is 6.92 Å². The average molecular weight is 179 g/mol. The van der Waals surface area contributed by atoms with Gasteiger partial charge in [0.15, 0.2) is 0 Å². The third-order valence-corrected chi connectivity index (χ3v) is 2.03. The molecule has 1 atom stereocenters. The highest BCUT2D eigenvalue weighted by molar-refractivity contribution is 5.53. The monoisotopic (exact) mass is 179 g/mol. The molecule has 0 aromatic heterocycles. The highest BCUT2D eigenvalue weighted by Crippen LogP contribution is 2.23. The van der Waals surface area contributed by atoms with Crippen molar-refractivity contribution in [2.75, 3.05) is 11.9 Å². The van der Waals surface area contributed by atoms with Gasteiger partial charge in [0.1, 0.15) is 0 Å². The van der Waals surface area contributed by atoms with E-state index in [2.05, 4.69) is 11.4 Å². The van der Waals surface area contributed by atoms with Crippen molar-refractivity contribution in [1.82, 2.24) is 0 Å². The first-order valence-corrected chi connectivity index (χ1v) is 4.67. The van der Waals surface area contributed by atoms with E-state index in [1.165, 1.54) is 5.56 Å². The van der Waals surface area contributed by atoms with Crippen molar-refractivity contribution in [3.05, 3.63) is 29.3 Å². The maximum absolute atomic E-state index is 9.48. The first-order valence-electron chi connectivity index (χ1n) is 4.67. The summed E-state index contributed by atoms with van der Waals surface area (Å²) in [5, 5.41) is 12.7. The summed E-state index contributed by atoms with van der Waals surface area (Å²) in [5.41, 5.74) is 3.21. The molecular formula is C11H17NO. The van der Waals surface area contributed by atoms with Crippen LogP contribution in [-0.2, 0) is 0 Å². The molecule has 0 aliphatic carbocycles. The van der Waals surface area contributed by atoms with Crippen LogP contribution in [0.1, 0.15) is 31.1 Å². The van der Waals surface area contributed by atoms with Crippen LogP contribution >= 0.6 is 0 Å². The quantitative estimate of drug-likeness (QED) is 0.747. The fourth-order valence-electron chi connectivity index (χ4n) is 1.38. The number of benzene rings is 1. The van der Waals surface area contributed by atoms with E-state index in [-0.39, 0.29) is 0 Å². The lowest BCUT2D eigenvalue weighted by molar-refractivity contribution is 0.200. The number of hydrogen-bond acceptors (Lipinski definition) is 2. The van der Waals surface area contributed by atoms with E-state index in [4.69, 9.17) is 0 Å². The second-order valence-electron chi connectivity index (χ2n) is 3.30. The standard InChI is InChI=1S/C11H17NO/c1-4-12-11-7-8(2)5-6-10(11)9(3)13/h5-7,9,12-13H,4H2,1-3H3. The molecule has 0 saturated carbocycles. The molecule has 0 aliphatic heterocycles. The van der Waals surface area contributed by atoms with Gasteiger partial charge in [-0.2, -0.15) is 0 Å². The zero-order valence-electron chi connectivity index (χ0n) is 8.46. The smallest absolute Gasteiger partial charge is 0.0781 e. The summed E-state index contributed by atoms with van der Waals surface area (Å²) in [7, 11) is 0. The second-order valence-corrected chi connectivity index (χ2v) is 3.30. The van der Waals surface area contributed by atoms with Crippen LogP contribution in [0.2, 0.25) is 0 Å². The molecule has 1 aromatic rings. The number of hydrogen-bond donors (Lipinski definition) is 2. The van der Waals surface area contributed by atoms with Crippen molar-refractivity contribution in [2.24, 2.45) is 0 Å². The summed E-state index contributed by atoms with van der Waals surface area (Å²) in [6, 6.07) is 6.05. The van der Waals surface area contributed by atoms with E-state index in [1.807, 2.05) is 26.0 Å². The Morgan fingerprint density at radius 1 is 1.46 bits per heavy atom. The minimum atomic E-state index is -0.408. The molecule has 0 bridgehead atoms. The Labute approximate surface area is 79.6 Å². The summed E-state index contributed by atoms with van der Waals surface area (Å²) in [5.74, 6) is 0. The Kier molecular flexibility index (Phi) is 3.32. The van der Waals surface area contributed by atoms with Crippen LogP contribution in [-0.4, -0.2) is 11.7 Å². The fraction of sp³-hybridized carbons (Fsp3) is 0.455. The molecule has 13 heavy (non-hydrogen) atoms. The molecule has 0 saturated heterocycles. The Morgan fingerprint density at radius 2 is 2.15 bits per heavy atom. The Bertz CT molecular complexity index is 281. The lowest BCUT2D eigenvalue weighted by atomic mass is 10.1. The predicted molar refractivity (Wildman–Crippen MR) is 56.0 cm³/mol. The van der Waals surface area contributed by atoms with Crippen LogP contribution in [0.5, 0.6) is 0 Å². The molecule has 0 amide bonds. The summed E-state index contributed by atoms with van der Waals surface area (Å²) >= 11 is 0. The molecular weight excluding hydrogens is 162 g/mol. The van der Waals surface area contributed by atoms with Gasteiger partial charge in [-0.1, -0.05) is 12.1 Å². The molecule has 72 valence electrons. The van der Waals surface area contributed by atoms with E-state index in [0.29, 0.717) is 0 Å². The van der Waals surface area contributed by atoms with E-state index >= 15 is 0 Å². The number of aliphatic hydroxyl groups excluding tert-OH is 1. The number of aryl methyl sites for hydroxylation is 1. The molecule has 0 radical (unpaired) electrons. The Hall–Kier alpha value is -1.02. The number of nitrogens with one attached hydrogen (secondary N) is 1. The van der Waals surface area contributed by atoms with Crippen LogP contribution in [0.25, 0.3) is 0 Å². The molecule has 1 unspecified atom stereocenters.